The smallest absolute Gasteiger partial charge is 0.267 e. The molecule has 8 nitrogen and oxygen atoms in total. The van der Waals surface area contributed by atoms with Crippen LogP contribution in [0.25, 0.3) is 11.0 Å². The molecule has 1 saturated heterocycles. The molecule has 0 N–H and O–H groups in total. The number of benzene rings is 2. The summed E-state index contributed by atoms with van der Waals surface area (Å²) in [6.07, 6.45) is -0.655. The van der Waals surface area contributed by atoms with Gasteiger partial charge in [-0.2, -0.15) is 0 Å². The number of nitrogens with zero attached hydrogens (tertiary/aromatic N) is 4. The van der Waals surface area contributed by atoms with Gasteiger partial charge >= 0.3 is 0 Å². The average Bonchev–Trinajstić information content (AvgIpc) is 3.13. The van der Waals surface area contributed by atoms with Crippen LogP contribution in [0.1, 0.15) is 5.82 Å². The molecule has 2 aromatic carbocycles. The van der Waals surface area contributed by atoms with Crippen molar-refractivity contribution < 1.29 is 19.1 Å². The van der Waals surface area contributed by atoms with Gasteiger partial charge in [0.2, 0.25) is 12.0 Å². The van der Waals surface area contributed by atoms with Crippen LogP contribution in [0.4, 0.5) is 0 Å². The van der Waals surface area contributed by atoms with Gasteiger partial charge in [0.15, 0.2) is 11.5 Å². The van der Waals surface area contributed by atoms with Gasteiger partial charge in [-0.15, -0.1) is 0 Å². The summed E-state index contributed by atoms with van der Waals surface area (Å²) in [5.41, 5.74) is 1.84. The fourth-order valence-electron chi connectivity index (χ4n) is 4.15. The van der Waals surface area contributed by atoms with Crippen LogP contribution in [0.2, 0.25) is 0 Å². The number of amides is 2. The number of para-hydroxylation sites is 4. The van der Waals surface area contributed by atoms with Crippen molar-refractivity contribution in [3.63, 3.8) is 0 Å². The Morgan fingerprint density at radius 1 is 0.968 bits per heavy atom. The molecule has 0 unspecified atom stereocenters. The normalized spacial score (nSPS) is 18.3. The maximum atomic E-state index is 12.9. The summed E-state index contributed by atoms with van der Waals surface area (Å²) in [4.78, 5) is 33.9. The zero-order chi connectivity index (χ0) is 21.4. The summed E-state index contributed by atoms with van der Waals surface area (Å²) < 4.78 is 13.4. The number of rotatable bonds is 3. The first-order valence-corrected chi connectivity index (χ1v) is 10.5. The van der Waals surface area contributed by atoms with E-state index in [2.05, 4.69) is 4.98 Å². The molecule has 0 aliphatic carbocycles. The molecule has 2 amide bonds. The first-order chi connectivity index (χ1) is 15.1. The lowest BCUT2D eigenvalue weighted by Gasteiger charge is -2.37. The number of ether oxygens (including phenoxy) is 2. The van der Waals surface area contributed by atoms with E-state index in [-0.39, 0.29) is 25.0 Å². The monoisotopic (exact) mass is 420 g/mol. The number of aromatic nitrogens is 2. The van der Waals surface area contributed by atoms with Crippen LogP contribution < -0.4 is 9.47 Å². The van der Waals surface area contributed by atoms with E-state index in [1.165, 1.54) is 0 Å². The van der Waals surface area contributed by atoms with Crippen molar-refractivity contribution >= 4 is 22.8 Å². The minimum Gasteiger partial charge on any atom is -0.485 e. The quantitative estimate of drug-likeness (QED) is 0.646. The summed E-state index contributed by atoms with van der Waals surface area (Å²) in [5.74, 6) is 1.99. The Balaban J connectivity index is 1.19. The van der Waals surface area contributed by atoms with Crippen LogP contribution >= 0.6 is 0 Å². The number of fused-ring (bicyclic) bond motifs is 2. The maximum absolute atomic E-state index is 12.9. The van der Waals surface area contributed by atoms with Crippen LogP contribution in [-0.2, 0) is 16.1 Å². The third kappa shape index (κ3) is 3.69. The third-order valence-electron chi connectivity index (χ3n) is 5.87. The van der Waals surface area contributed by atoms with Gasteiger partial charge in [-0.3, -0.25) is 9.59 Å². The number of piperazine rings is 1. The molecule has 0 spiro atoms. The van der Waals surface area contributed by atoms with E-state index in [9.17, 15) is 9.59 Å². The number of aryl methyl sites for hydroxylation is 1. The minimum atomic E-state index is -0.655. The highest BCUT2D eigenvalue weighted by Crippen LogP contribution is 2.31. The summed E-state index contributed by atoms with van der Waals surface area (Å²) in [5, 5.41) is 0. The van der Waals surface area contributed by atoms with E-state index >= 15 is 0 Å². The van der Waals surface area contributed by atoms with Gasteiger partial charge in [-0.25, -0.2) is 4.98 Å². The molecule has 160 valence electrons. The zero-order valence-electron chi connectivity index (χ0n) is 17.4. The van der Waals surface area contributed by atoms with Gasteiger partial charge < -0.3 is 23.8 Å². The average molecular weight is 420 g/mol. The van der Waals surface area contributed by atoms with E-state index in [4.69, 9.17) is 9.47 Å². The Labute approximate surface area is 180 Å². The molecule has 3 heterocycles. The molecule has 2 aliphatic rings. The van der Waals surface area contributed by atoms with Gasteiger partial charge in [0, 0.05) is 26.2 Å². The topological polar surface area (TPSA) is 76.9 Å². The standard InChI is InChI=1S/C23H24N4O4/c1-16-24-17-6-2-3-7-18(17)27(16)14-22(28)25-10-12-26(13-11-25)23(29)21-15-30-19-8-4-5-9-20(19)31-21/h2-9,21H,10-15H2,1H3/t21-/m0/s1. The van der Waals surface area contributed by atoms with Crippen molar-refractivity contribution in [2.75, 3.05) is 32.8 Å². The molecule has 0 radical (unpaired) electrons. The molecule has 0 saturated carbocycles. The second-order valence-corrected chi connectivity index (χ2v) is 7.80. The lowest BCUT2D eigenvalue weighted by molar-refractivity contribution is -0.146. The van der Waals surface area contributed by atoms with Crippen LogP contribution in [0.15, 0.2) is 48.5 Å². The summed E-state index contributed by atoms with van der Waals surface area (Å²) in [7, 11) is 0. The molecule has 0 bridgehead atoms. The molecule has 1 aromatic heterocycles. The number of hydrogen-bond acceptors (Lipinski definition) is 5. The molecular weight excluding hydrogens is 396 g/mol. The first-order valence-electron chi connectivity index (χ1n) is 10.5. The van der Waals surface area contributed by atoms with E-state index in [1.807, 2.05) is 58.9 Å². The summed E-state index contributed by atoms with van der Waals surface area (Å²) >= 11 is 0. The Hall–Kier alpha value is -3.55. The highest BCUT2D eigenvalue weighted by Gasteiger charge is 2.33. The molecular formula is C23H24N4O4. The van der Waals surface area contributed by atoms with Crippen molar-refractivity contribution in [1.29, 1.82) is 0 Å². The van der Waals surface area contributed by atoms with Crippen LogP contribution in [0, 0.1) is 6.92 Å². The Morgan fingerprint density at radius 2 is 1.65 bits per heavy atom. The number of carbonyl (C=O) groups excluding carboxylic acids is 2. The third-order valence-corrected chi connectivity index (χ3v) is 5.87. The predicted octanol–water partition coefficient (Wildman–Crippen LogP) is 1.86. The van der Waals surface area contributed by atoms with Crippen molar-refractivity contribution in [3.8, 4) is 11.5 Å². The number of hydrogen-bond donors (Lipinski definition) is 0. The Bertz CT molecular complexity index is 1130. The zero-order valence-corrected chi connectivity index (χ0v) is 17.4. The predicted molar refractivity (Wildman–Crippen MR) is 114 cm³/mol. The molecule has 2 aliphatic heterocycles. The molecule has 8 heteroatoms. The van der Waals surface area contributed by atoms with Gasteiger partial charge in [0.05, 0.1) is 11.0 Å². The largest absolute Gasteiger partial charge is 0.485 e. The highest BCUT2D eigenvalue weighted by molar-refractivity contribution is 5.83. The van der Waals surface area contributed by atoms with Gasteiger partial charge in [0.25, 0.3) is 5.91 Å². The van der Waals surface area contributed by atoms with Gasteiger partial charge in [-0.1, -0.05) is 24.3 Å². The van der Waals surface area contributed by atoms with E-state index < -0.39 is 6.10 Å². The Morgan fingerprint density at radius 3 is 2.45 bits per heavy atom. The van der Waals surface area contributed by atoms with Crippen LogP contribution in [-0.4, -0.2) is 70.1 Å². The van der Waals surface area contributed by atoms with Crippen molar-refractivity contribution in [2.45, 2.75) is 19.6 Å². The minimum absolute atomic E-state index is 0.0320. The Kier molecular flexibility index (Phi) is 4.97. The van der Waals surface area contributed by atoms with E-state index in [0.717, 1.165) is 16.9 Å². The SMILES string of the molecule is Cc1nc2ccccc2n1CC(=O)N1CCN(C(=O)[C@@H]2COc3ccccc3O2)CC1. The van der Waals surface area contributed by atoms with Crippen molar-refractivity contribution in [3.05, 3.63) is 54.4 Å². The van der Waals surface area contributed by atoms with E-state index in [1.54, 1.807) is 11.0 Å². The summed E-state index contributed by atoms with van der Waals surface area (Å²) in [6, 6.07) is 15.2. The molecule has 1 fully saturated rings. The molecule has 5 rings (SSSR count). The fraction of sp³-hybridized carbons (Fsp3) is 0.348. The first kappa shape index (κ1) is 19.4. The van der Waals surface area contributed by atoms with Crippen LogP contribution in [0.3, 0.4) is 0 Å². The van der Waals surface area contributed by atoms with E-state index in [0.29, 0.717) is 37.7 Å². The lowest BCUT2D eigenvalue weighted by atomic mass is 10.2. The molecule has 31 heavy (non-hydrogen) atoms. The van der Waals surface area contributed by atoms with Crippen molar-refractivity contribution in [1.82, 2.24) is 19.4 Å². The highest BCUT2D eigenvalue weighted by atomic mass is 16.6. The fourth-order valence-corrected chi connectivity index (χ4v) is 4.15. The molecule has 1 atom stereocenters. The van der Waals surface area contributed by atoms with Gasteiger partial charge in [0.1, 0.15) is 19.0 Å². The lowest BCUT2D eigenvalue weighted by Crippen LogP contribution is -2.55. The maximum Gasteiger partial charge on any atom is 0.267 e. The second kappa shape index (κ2) is 7.94. The summed E-state index contributed by atoms with van der Waals surface area (Å²) in [6.45, 7) is 4.32. The van der Waals surface area contributed by atoms with Crippen LogP contribution in [0.5, 0.6) is 11.5 Å². The molecule has 3 aromatic rings. The number of imidazole rings is 1. The number of carbonyl (C=O) groups is 2. The van der Waals surface area contributed by atoms with Crippen molar-refractivity contribution in [2.24, 2.45) is 0 Å². The van der Waals surface area contributed by atoms with Gasteiger partial charge in [-0.05, 0) is 31.2 Å². The second-order valence-electron chi connectivity index (χ2n) is 7.80.